The van der Waals surface area contributed by atoms with Gasteiger partial charge < -0.3 is 9.72 Å². The number of aromatic amines is 1. The SMILES string of the molecule is C[C@H](c1ccc(F)cc1)N1C(=O)O[C@](Cc2ccccc2)(c2nc3ccc(-n4cnnn4)cc3[nH]2)C1=O. The summed E-state index contributed by atoms with van der Waals surface area (Å²) in [4.78, 5) is 36.2. The fourth-order valence-electron chi connectivity index (χ4n) is 4.58. The van der Waals surface area contributed by atoms with Crippen LogP contribution in [0.3, 0.4) is 0 Å². The molecule has 5 aromatic rings. The lowest BCUT2D eigenvalue weighted by atomic mass is 9.92. The Labute approximate surface area is 209 Å². The van der Waals surface area contributed by atoms with E-state index in [0.29, 0.717) is 22.3 Å². The molecular formula is C26H20FN7O3. The summed E-state index contributed by atoms with van der Waals surface area (Å²) >= 11 is 0. The van der Waals surface area contributed by atoms with E-state index >= 15 is 0 Å². The number of ether oxygens (including phenoxy) is 1. The number of hydrogen-bond acceptors (Lipinski definition) is 7. The van der Waals surface area contributed by atoms with E-state index in [4.69, 9.17) is 4.74 Å². The minimum atomic E-state index is -1.72. The van der Waals surface area contributed by atoms with Gasteiger partial charge in [-0.05, 0) is 58.8 Å². The quantitative estimate of drug-likeness (QED) is 0.378. The van der Waals surface area contributed by atoms with Gasteiger partial charge >= 0.3 is 6.09 Å². The molecule has 0 unspecified atom stereocenters. The Balaban J connectivity index is 1.45. The Morgan fingerprint density at radius 1 is 1.05 bits per heavy atom. The standard InChI is InChI=1S/C26H20FN7O3/c1-16(18-7-9-19(27)10-8-18)34-24(35)26(37-25(34)36,14-17-5-3-2-4-6-17)23-29-21-12-11-20(13-22(21)30-23)33-15-28-31-32-33/h2-13,15-16H,14H2,1H3,(H,29,30)/t16-,26-/m1/s1. The number of cyclic esters (lactones) is 1. The summed E-state index contributed by atoms with van der Waals surface area (Å²) in [6.45, 7) is 1.70. The average Bonchev–Trinajstić information content (AvgIpc) is 3.63. The van der Waals surface area contributed by atoms with E-state index < -0.39 is 29.5 Å². The number of halogens is 1. The van der Waals surface area contributed by atoms with Crippen LogP contribution in [-0.2, 0) is 21.6 Å². The molecule has 1 saturated heterocycles. The number of benzene rings is 3. The zero-order chi connectivity index (χ0) is 25.6. The highest BCUT2D eigenvalue weighted by molar-refractivity contribution is 6.04. The molecule has 3 aromatic carbocycles. The van der Waals surface area contributed by atoms with Crippen molar-refractivity contribution in [1.82, 2.24) is 35.1 Å². The summed E-state index contributed by atoms with van der Waals surface area (Å²) in [6, 6.07) is 19.6. The lowest BCUT2D eigenvalue weighted by Gasteiger charge is -2.25. The predicted octanol–water partition coefficient (Wildman–Crippen LogP) is 3.86. The second-order valence-corrected chi connectivity index (χ2v) is 8.80. The smallest absolute Gasteiger partial charge is 0.418 e. The second-order valence-electron chi connectivity index (χ2n) is 8.80. The van der Waals surface area contributed by atoms with Crippen LogP contribution in [0.2, 0.25) is 0 Å². The number of hydrogen-bond donors (Lipinski definition) is 1. The van der Waals surface area contributed by atoms with E-state index in [1.165, 1.54) is 23.1 Å². The van der Waals surface area contributed by atoms with Gasteiger partial charge in [-0.2, -0.15) is 0 Å². The number of imidazole rings is 1. The van der Waals surface area contributed by atoms with Crippen LogP contribution in [-0.4, -0.2) is 47.1 Å². The molecule has 6 rings (SSSR count). The number of amides is 2. The maximum atomic E-state index is 14.1. The molecular weight excluding hydrogens is 477 g/mol. The molecule has 0 spiro atoms. The minimum Gasteiger partial charge on any atom is -0.424 e. The monoisotopic (exact) mass is 497 g/mol. The number of tetrazole rings is 1. The van der Waals surface area contributed by atoms with E-state index in [9.17, 15) is 14.0 Å². The number of H-pyrrole nitrogens is 1. The van der Waals surface area contributed by atoms with Crippen LogP contribution in [0.5, 0.6) is 0 Å². The third-order valence-corrected chi connectivity index (χ3v) is 6.52. The third kappa shape index (κ3) is 3.80. The van der Waals surface area contributed by atoms with Gasteiger partial charge in [-0.15, -0.1) is 5.10 Å². The molecule has 1 N–H and O–H groups in total. The van der Waals surface area contributed by atoms with Crippen LogP contribution in [0.4, 0.5) is 9.18 Å². The first-order chi connectivity index (χ1) is 17.9. The fraction of sp³-hybridized carbons (Fsp3) is 0.154. The average molecular weight is 497 g/mol. The van der Waals surface area contributed by atoms with Crippen LogP contribution < -0.4 is 0 Å². The molecule has 0 saturated carbocycles. The van der Waals surface area contributed by atoms with Gasteiger partial charge in [-0.3, -0.25) is 4.79 Å². The van der Waals surface area contributed by atoms with Crippen LogP contribution in [0.25, 0.3) is 16.7 Å². The summed E-state index contributed by atoms with van der Waals surface area (Å²) < 4.78 is 20.9. The van der Waals surface area contributed by atoms with Gasteiger partial charge in [0.15, 0.2) is 5.82 Å². The molecule has 2 amide bonds. The Hall–Kier alpha value is -4.93. The molecule has 184 valence electrons. The zero-order valence-corrected chi connectivity index (χ0v) is 19.6. The first-order valence-electron chi connectivity index (χ1n) is 11.5. The van der Waals surface area contributed by atoms with Crippen molar-refractivity contribution in [3.63, 3.8) is 0 Å². The summed E-state index contributed by atoms with van der Waals surface area (Å²) in [5, 5.41) is 11.2. The molecule has 2 aromatic heterocycles. The molecule has 0 aliphatic carbocycles. The minimum absolute atomic E-state index is 0.0741. The maximum Gasteiger partial charge on any atom is 0.418 e. The Morgan fingerprint density at radius 3 is 2.57 bits per heavy atom. The van der Waals surface area contributed by atoms with Crippen molar-refractivity contribution in [2.75, 3.05) is 0 Å². The molecule has 0 bridgehead atoms. The normalized spacial score (nSPS) is 18.4. The second kappa shape index (κ2) is 8.63. The summed E-state index contributed by atoms with van der Waals surface area (Å²) in [5.74, 6) is -0.765. The molecule has 1 aliphatic heterocycles. The Morgan fingerprint density at radius 2 is 1.84 bits per heavy atom. The summed E-state index contributed by atoms with van der Waals surface area (Å²) in [7, 11) is 0. The lowest BCUT2D eigenvalue weighted by molar-refractivity contribution is -0.139. The van der Waals surface area contributed by atoms with Crippen molar-refractivity contribution in [3.8, 4) is 5.69 Å². The van der Waals surface area contributed by atoms with Crippen molar-refractivity contribution in [2.45, 2.75) is 25.0 Å². The topological polar surface area (TPSA) is 119 Å². The molecule has 1 fully saturated rings. The largest absolute Gasteiger partial charge is 0.424 e. The number of nitrogens with zero attached hydrogens (tertiary/aromatic N) is 6. The van der Waals surface area contributed by atoms with Gasteiger partial charge in [-0.25, -0.2) is 23.8 Å². The van der Waals surface area contributed by atoms with E-state index in [1.807, 2.05) is 30.3 Å². The van der Waals surface area contributed by atoms with Gasteiger partial charge in [0.1, 0.15) is 12.1 Å². The van der Waals surface area contributed by atoms with Crippen LogP contribution in [0, 0.1) is 5.82 Å². The number of fused-ring (bicyclic) bond motifs is 1. The third-order valence-electron chi connectivity index (χ3n) is 6.52. The molecule has 0 radical (unpaired) electrons. The number of carbonyl (C=O) groups excluding carboxylic acids is 2. The molecule has 37 heavy (non-hydrogen) atoms. The van der Waals surface area contributed by atoms with E-state index in [2.05, 4.69) is 25.5 Å². The van der Waals surface area contributed by atoms with Crippen molar-refractivity contribution in [1.29, 1.82) is 0 Å². The highest BCUT2D eigenvalue weighted by Crippen LogP contribution is 2.41. The highest BCUT2D eigenvalue weighted by Gasteiger charge is 2.58. The first-order valence-corrected chi connectivity index (χ1v) is 11.5. The Bertz CT molecular complexity index is 1600. The first kappa shape index (κ1) is 22.5. The van der Waals surface area contributed by atoms with Crippen LogP contribution in [0.15, 0.2) is 79.1 Å². The van der Waals surface area contributed by atoms with Crippen molar-refractivity contribution in [2.24, 2.45) is 0 Å². The summed E-state index contributed by atoms with van der Waals surface area (Å²) in [6.07, 6.45) is 0.740. The number of rotatable bonds is 6. The van der Waals surface area contributed by atoms with E-state index in [0.717, 1.165) is 10.5 Å². The van der Waals surface area contributed by atoms with E-state index in [1.54, 1.807) is 37.3 Å². The van der Waals surface area contributed by atoms with Crippen LogP contribution >= 0.6 is 0 Å². The number of nitrogens with one attached hydrogen (secondary N) is 1. The molecule has 2 atom stereocenters. The van der Waals surface area contributed by atoms with Gasteiger partial charge in [-0.1, -0.05) is 42.5 Å². The number of aromatic nitrogens is 6. The van der Waals surface area contributed by atoms with Gasteiger partial charge in [0, 0.05) is 6.42 Å². The van der Waals surface area contributed by atoms with Gasteiger partial charge in [0.05, 0.1) is 22.8 Å². The Kier molecular flexibility index (Phi) is 5.25. The van der Waals surface area contributed by atoms with Gasteiger partial charge in [0.25, 0.3) is 11.5 Å². The zero-order valence-electron chi connectivity index (χ0n) is 19.6. The van der Waals surface area contributed by atoms with Crippen molar-refractivity contribution < 1.29 is 18.7 Å². The highest BCUT2D eigenvalue weighted by atomic mass is 19.1. The van der Waals surface area contributed by atoms with Gasteiger partial charge in [0.2, 0.25) is 0 Å². The lowest BCUT2D eigenvalue weighted by Crippen LogP contribution is -2.42. The number of carbonyl (C=O) groups is 2. The number of imide groups is 1. The van der Waals surface area contributed by atoms with Crippen molar-refractivity contribution in [3.05, 3.63) is 102 Å². The van der Waals surface area contributed by atoms with E-state index in [-0.39, 0.29) is 12.2 Å². The molecule has 3 heterocycles. The molecule has 11 heteroatoms. The van der Waals surface area contributed by atoms with Crippen LogP contribution in [0.1, 0.15) is 29.9 Å². The maximum absolute atomic E-state index is 14.1. The predicted molar refractivity (Wildman–Crippen MR) is 129 cm³/mol. The van der Waals surface area contributed by atoms with Crippen molar-refractivity contribution >= 4 is 23.0 Å². The molecule has 1 aliphatic rings. The molecule has 10 nitrogen and oxygen atoms in total. The fourth-order valence-corrected chi connectivity index (χ4v) is 4.58. The summed E-state index contributed by atoms with van der Waals surface area (Å²) in [5.41, 5.74) is 1.54.